The molecule has 6 heteroatoms. The van der Waals surface area contributed by atoms with Crippen LogP contribution in [-0.4, -0.2) is 26.8 Å². The van der Waals surface area contributed by atoms with Gasteiger partial charge in [0.2, 0.25) is 10.0 Å². The predicted octanol–water partition coefficient (Wildman–Crippen LogP) is 2.46. The van der Waals surface area contributed by atoms with E-state index in [4.69, 9.17) is 4.74 Å². The van der Waals surface area contributed by atoms with Crippen LogP contribution in [0.25, 0.3) is 0 Å². The number of sulfonamides is 1. The van der Waals surface area contributed by atoms with E-state index < -0.39 is 10.0 Å². The molecule has 112 valence electrons. The van der Waals surface area contributed by atoms with Crippen LogP contribution in [0.5, 0.6) is 5.75 Å². The molecule has 0 unspecified atom stereocenters. The van der Waals surface area contributed by atoms with Crippen molar-refractivity contribution in [2.45, 2.75) is 37.4 Å². The molecule has 0 saturated heterocycles. The largest absolute Gasteiger partial charge is 0.494 e. The lowest BCUT2D eigenvalue weighted by Gasteiger charge is -2.12. The molecule has 1 fully saturated rings. The third kappa shape index (κ3) is 4.45. The summed E-state index contributed by atoms with van der Waals surface area (Å²) in [6.45, 7) is 0.777. The monoisotopic (exact) mass is 301 g/mol. The lowest BCUT2D eigenvalue weighted by Crippen LogP contribution is -2.33. The SMILES string of the molecule is O=S(=O)(NCCCOc1ccc(F)cc1)C1CCCC1. The molecule has 1 aliphatic rings. The first kappa shape index (κ1) is 15.3. The minimum atomic E-state index is -3.17. The van der Waals surface area contributed by atoms with Gasteiger partial charge in [0.05, 0.1) is 11.9 Å². The van der Waals surface area contributed by atoms with Crippen molar-refractivity contribution in [1.29, 1.82) is 0 Å². The van der Waals surface area contributed by atoms with Crippen molar-refractivity contribution in [1.82, 2.24) is 4.72 Å². The van der Waals surface area contributed by atoms with E-state index in [1.54, 1.807) is 12.1 Å². The van der Waals surface area contributed by atoms with Crippen molar-refractivity contribution in [2.75, 3.05) is 13.2 Å². The quantitative estimate of drug-likeness (QED) is 0.787. The van der Waals surface area contributed by atoms with Gasteiger partial charge >= 0.3 is 0 Å². The number of halogens is 1. The van der Waals surface area contributed by atoms with Crippen LogP contribution in [0.15, 0.2) is 24.3 Å². The third-order valence-electron chi connectivity index (χ3n) is 3.45. The standard InChI is InChI=1S/C14H20FNO3S/c15-12-6-8-13(9-7-12)19-11-3-10-16-20(17,18)14-4-1-2-5-14/h6-9,14,16H,1-5,10-11H2. The zero-order chi connectivity index (χ0) is 14.4. The Bertz CT molecular complexity index is 510. The van der Waals surface area contributed by atoms with E-state index >= 15 is 0 Å². The van der Waals surface area contributed by atoms with E-state index in [0.29, 0.717) is 25.3 Å². The average Bonchev–Trinajstić information content (AvgIpc) is 2.95. The summed E-state index contributed by atoms with van der Waals surface area (Å²) >= 11 is 0. The first-order chi connectivity index (χ1) is 9.58. The summed E-state index contributed by atoms with van der Waals surface area (Å²) in [7, 11) is -3.17. The molecule has 1 aromatic carbocycles. The van der Waals surface area contributed by atoms with Crippen molar-refractivity contribution in [2.24, 2.45) is 0 Å². The van der Waals surface area contributed by atoms with E-state index in [2.05, 4.69) is 4.72 Å². The Labute approximate surface area is 119 Å². The molecular weight excluding hydrogens is 281 g/mol. The fourth-order valence-electron chi connectivity index (χ4n) is 2.32. The summed E-state index contributed by atoms with van der Waals surface area (Å²) < 4.78 is 44.5. The zero-order valence-corrected chi connectivity index (χ0v) is 12.2. The van der Waals surface area contributed by atoms with Gasteiger partial charge in [0.1, 0.15) is 11.6 Å². The smallest absolute Gasteiger partial charge is 0.214 e. The second-order valence-corrected chi connectivity index (χ2v) is 7.05. The van der Waals surface area contributed by atoms with E-state index in [-0.39, 0.29) is 11.1 Å². The summed E-state index contributed by atoms with van der Waals surface area (Å²) in [6, 6.07) is 5.77. The van der Waals surface area contributed by atoms with Crippen molar-refractivity contribution in [3.8, 4) is 5.75 Å². The maximum Gasteiger partial charge on any atom is 0.214 e. The van der Waals surface area contributed by atoms with Crippen LogP contribution in [0.4, 0.5) is 4.39 Å². The molecule has 4 nitrogen and oxygen atoms in total. The van der Waals surface area contributed by atoms with Crippen LogP contribution in [-0.2, 0) is 10.0 Å². The Kier molecular flexibility index (Phi) is 5.37. The molecule has 2 rings (SSSR count). The molecule has 1 saturated carbocycles. The molecule has 0 atom stereocenters. The van der Waals surface area contributed by atoms with Crippen LogP contribution in [0, 0.1) is 5.82 Å². The molecule has 20 heavy (non-hydrogen) atoms. The Morgan fingerprint density at radius 1 is 1.20 bits per heavy atom. The van der Waals surface area contributed by atoms with E-state index in [9.17, 15) is 12.8 Å². The van der Waals surface area contributed by atoms with Gasteiger partial charge in [-0.2, -0.15) is 0 Å². The summed E-state index contributed by atoms with van der Waals surface area (Å²) in [5.74, 6) is 0.284. The fraction of sp³-hybridized carbons (Fsp3) is 0.571. The molecule has 0 radical (unpaired) electrons. The van der Waals surface area contributed by atoms with Crippen molar-refractivity contribution < 1.29 is 17.5 Å². The van der Waals surface area contributed by atoms with Gasteiger partial charge in [-0.25, -0.2) is 17.5 Å². The molecular formula is C14H20FNO3S. The molecule has 1 aromatic rings. The topological polar surface area (TPSA) is 55.4 Å². The molecule has 1 aliphatic carbocycles. The van der Waals surface area contributed by atoms with Crippen LogP contribution in [0.1, 0.15) is 32.1 Å². The molecule has 0 aliphatic heterocycles. The van der Waals surface area contributed by atoms with Gasteiger partial charge in [0.25, 0.3) is 0 Å². The lowest BCUT2D eigenvalue weighted by atomic mass is 10.3. The lowest BCUT2D eigenvalue weighted by molar-refractivity contribution is 0.311. The Hall–Kier alpha value is -1.14. The third-order valence-corrected chi connectivity index (χ3v) is 5.40. The van der Waals surface area contributed by atoms with Crippen LogP contribution in [0.2, 0.25) is 0 Å². The van der Waals surface area contributed by atoms with Gasteiger partial charge in [-0.3, -0.25) is 0 Å². The highest BCUT2D eigenvalue weighted by Crippen LogP contribution is 2.23. The highest BCUT2D eigenvalue weighted by atomic mass is 32.2. The van der Waals surface area contributed by atoms with Crippen LogP contribution in [0.3, 0.4) is 0 Å². The number of ether oxygens (including phenoxy) is 1. The molecule has 0 amide bonds. The number of nitrogens with one attached hydrogen (secondary N) is 1. The second kappa shape index (κ2) is 7.04. The zero-order valence-electron chi connectivity index (χ0n) is 11.3. The van der Waals surface area contributed by atoms with Gasteiger partial charge in [0, 0.05) is 6.54 Å². The Balaban J connectivity index is 1.65. The first-order valence-corrected chi connectivity index (χ1v) is 8.49. The van der Waals surface area contributed by atoms with Crippen LogP contribution >= 0.6 is 0 Å². The van der Waals surface area contributed by atoms with E-state index in [0.717, 1.165) is 25.7 Å². The molecule has 1 N–H and O–H groups in total. The normalized spacial score (nSPS) is 16.4. The predicted molar refractivity (Wildman–Crippen MR) is 75.7 cm³/mol. The molecule has 0 aromatic heterocycles. The van der Waals surface area contributed by atoms with Crippen molar-refractivity contribution in [3.63, 3.8) is 0 Å². The number of benzene rings is 1. The van der Waals surface area contributed by atoms with Gasteiger partial charge in [-0.15, -0.1) is 0 Å². The minimum Gasteiger partial charge on any atom is -0.494 e. The fourth-order valence-corrected chi connectivity index (χ4v) is 3.94. The average molecular weight is 301 g/mol. The molecule has 0 spiro atoms. The van der Waals surface area contributed by atoms with Gasteiger partial charge < -0.3 is 4.74 Å². The Morgan fingerprint density at radius 3 is 2.50 bits per heavy atom. The first-order valence-electron chi connectivity index (χ1n) is 6.95. The van der Waals surface area contributed by atoms with E-state index in [1.165, 1.54) is 12.1 Å². The maximum atomic E-state index is 12.7. The molecule has 0 bridgehead atoms. The highest BCUT2D eigenvalue weighted by Gasteiger charge is 2.27. The van der Waals surface area contributed by atoms with Gasteiger partial charge in [-0.1, -0.05) is 12.8 Å². The maximum absolute atomic E-state index is 12.7. The summed E-state index contributed by atoms with van der Waals surface area (Å²) in [5, 5.41) is -0.222. The van der Waals surface area contributed by atoms with Crippen LogP contribution < -0.4 is 9.46 Å². The van der Waals surface area contributed by atoms with Crippen molar-refractivity contribution in [3.05, 3.63) is 30.1 Å². The molecule has 0 heterocycles. The summed E-state index contributed by atoms with van der Waals surface area (Å²) in [4.78, 5) is 0. The van der Waals surface area contributed by atoms with Crippen molar-refractivity contribution >= 4 is 10.0 Å². The van der Waals surface area contributed by atoms with Gasteiger partial charge in [-0.05, 0) is 43.5 Å². The van der Waals surface area contributed by atoms with Gasteiger partial charge in [0.15, 0.2) is 0 Å². The minimum absolute atomic E-state index is 0.222. The number of hydrogen-bond acceptors (Lipinski definition) is 3. The number of hydrogen-bond donors (Lipinski definition) is 1. The number of rotatable bonds is 7. The Morgan fingerprint density at radius 2 is 1.85 bits per heavy atom. The van der Waals surface area contributed by atoms with E-state index in [1.807, 2.05) is 0 Å². The highest BCUT2D eigenvalue weighted by molar-refractivity contribution is 7.90. The summed E-state index contributed by atoms with van der Waals surface area (Å²) in [6.07, 6.45) is 4.12. The second-order valence-electron chi connectivity index (χ2n) is 5.00. The summed E-state index contributed by atoms with van der Waals surface area (Å²) in [5.41, 5.74) is 0.